The Morgan fingerprint density at radius 3 is 2.24 bits per heavy atom. The SMILES string of the molecule is Cc1cc(NC(=O)N2CCCN(CC(=O)Nc3ccc(Oc4ccccc4)cc3)CC2)ccc1C(=O)O. The second kappa shape index (κ2) is 12.0. The Bertz CT molecular complexity index is 1250. The molecule has 0 aromatic heterocycles. The van der Waals surface area contributed by atoms with Crippen LogP contribution in [0.2, 0.25) is 0 Å². The van der Waals surface area contributed by atoms with Crippen molar-refractivity contribution in [1.82, 2.24) is 9.80 Å². The van der Waals surface area contributed by atoms with Crippen LogP contribution in [0.3, 0.4) is 0 Å². The number of para-hydroxylation sites is 1. The molecule has 0 aliphatic carbocycles. The van der Waals surface area contributed by atoms with Gasteiger partial charge < -0.3 is 25.4 Å². The molecule has 4 rings (SSSR count). The lowest BCUT2D eigenvalue weighted by atomic mass is 10.1. The fourth-order valence-electron chi connectivity index (χ4n) is 4.15. The zero-order chi connectivity index (χ0) is 26.2. The largest absolute Gasteiger partial charge is 0.478 e. The Morgan fingerprint density at radius 2 is 1.54 bits per heavy atom. The lowest BCUT2D eigenvalue weighted by Gasteiger charge is -2.22. The highest BCUT2D eigenvalue weighted by atomic mass is 16.5. The predicted octanol–water partition coefficient (Wildman–Crippen LogP) is 4.66. The molecule has 0 saturated carbocycles. The van der Waals surface area contributed by atoms with E-state index in [1.165, 1.54) is 6.07 Å². The molecule has 37 heavy (non-hydrogen) atoms. The minimum absolute atomic E-state index is 0.122. The highest BCUT2D eigenvalue weighted by Gasteiger charge is 2.21. The monoisotopic (exact) mass is 502 g/mol. The molecule has 0 atom stereocenters. The highest BCUT2D eigenvalue weighted by Crippen LogP contribution is 2.22. The summed E-state index contributed by atoms with van der Waals surface area (Å²) in [5, 5.41) is 14.9. The van der Waals surface area contributed by atoms with E-state index in [4.69, 9.17) is 4.74 Å². The van der Waals surface area contributed by atoms with Gasteiger partial charge in [0, 0.05) is 37.6 Å². The van der Waals surface area contributed by atoms with Gasteiger partial charge in [-0.3, -0.25) is 9.69 Å². The van der Waals surface area contributed by atoms with E-state index < -0.39 is 5.97 Å². The predicted molar refractivity (Wildman–Crippen MR) is 141 cm³/mol. The molecule has 3 aromatic carbocycles. The number of benzene rings is 3. The molecule has 0 unspecified atom stereocenters. The first-order valence-electron chi connectivity index (χ1n) is 12.1. The molecule has 3 amide bonds. The number of nitrogens with zero attached hydrogens (tertiary/aromatic N) is 2. The number of hydrogen-bond donors (Lipinski definition) is 3. The van der Waals surface area contributed by atoms with Crippen LogP contribution in [0.5, 0.6) is 11.5 Å². The lowest BCUT2D eigenvalue weighted by Crippen LogP contribution is -2.39. The molecule has 0 spiro atoms. The molecule has 1 fully saturated rings. The van der Waals surface area contributed by atoms with E-state index in [-0.39, 0.29) is 24.0 Å². The summed E-state index contributed by atoms with van der Waals surface area (Å²) in [6.45, 7) is 4.25. The molecular formula is C28H30N4O5. The maximum atomic E-state index is 12.8. The third kappa shape index (κ3) is 7.31. The summed E-state index contributed by atoms with van der Waals surface area (Å²) in [5.74, 6) is 0.308. The number of nitrogens with one attached hydrogen (secondary N) is 2. The Balaban J connectivity index is 1.24. The second-order valence-electron chi connectivity index (χ2n) is 8.87. The average molecular weight is 503 g/mol. The number of aryl methyl sites for hydroxylation is 1. The van der Waals surface area contributed by atoms with Gasteiger partial charge in [0.2, 0.25) is 5.91 Å². The zero-order valence-electron chi connectivity index (χ0n) is 20.6. The molecule has 9 nitrogen and oxygen atoms in total. The van der Waals surface area contributed by atoms with Crippen LogP contribution in [0.4, 0.5) is 16.2 Å². The number of carbonyl (C=O) groups excluding carboxylic acids is 2. The summed E-state index contributed by atoms with van der Waals surface area (Å²) in [5.41, 5.74) is 2.02. The quantitative estimate of drug-likeness (QED) is 0.433. The highest BCUT2D eigenvalue weighted by molar-refractivity contribution is 5.93. The van der Waals surface area contributed by atoms with E-state index in [9.17, 15) is 19.5 Å². The fourth-order valence-corrected chi connectivity index (χ4v) is 4.15. The van der Waals surface area contributed by atoms with Gasteiger partial charge in [0.1, 0.15) is 11.5 Å². The van der Waals surface area contributed by atoms with Crippen molar-refractivity contribution in [1.29, 1.82) is 0 Å². The van der Waals surface area contributed by atoms with Gasteiger partial charge in [-0.05, 0) is 73.5 Å². The van der Waals surface area contributed by atoms with E-state index in [0.29, 0.717) is 48.9 Å². The van der Waals surface area contributed by atoms with Crippen molar-refractivity contribution >= 4 is 29.3 Å². The number of rotatable bonds is 7. The number of carboxylic acid groups (broad SMARTS) is 1. The van der Waals surface area contributed by atoms with Crippen molar-refractivity contribution in [3.8, 4) is 11.5 Å². The van der Waals surface area contributed by atoms with Gasteiger partial charge in [0.05, 0.1) is 12.1 Å². The van der Waals surface area contributed by atoms with E-state index in [1.54, 1.807) is 36.1 Å². The molecule has 1 aliphatic rings. The molecule has 9 heteroatoms. The smallest absolute Gasteiger partial charge is 0.335 e. The van der Waals surface area contributed by atoms with Crippen LogP contribution in [-0.2, 0) is 4.79 Å². The summed E-state index contributed by atoms with van der Waals surface area (Å²) < 4.78 is 5.78. The number of urea groups is 1. The van der Waals surface area contributed by atoms with Gasteiger partial charge in [0.15, 0.2) is 0 Å². The van der Waals surface area contributed by atoms with Gasteiger partial charge in [-0.1, -0.05) is 18.2 Å². The minimum atomic E-state index is -0.999. The third-order valence-corrected chi connectivity index (χ3v) is 6.07. The lowest BCUT2D eigenvalue weighted by molar-refractivity contribution is -0.117. The number of carbonyl (C=O) groups is 3. The Kier molecular flexibility index (Phi) is 8.37. The van der Waals surface area contributed by atoms with Crippen LogP contribution in [-0.4, -0.2) is 65.5 Å². The summed E-state index contributed by atoms with van der Waals surface area (Å²) >= 11 is 0. The van der Waals surface area contributed by atoms with Crippen LogP contribution in [0.15, 0.2) is 72.8 Å². The number of carboxylic acids is 1. The van der Waals surface area contributed by atoms with Crippen LogP contribution in [0, 0.1) is 6.92 Å². The Morgan fingerprint density at radius 1 is 0.838 bits per heavy atom. The standard InChI is InChI=1S/C28H30N4O5/c1-20-18-22(10-13-25(20)27(34)35)30-28(36)32-15-5-14-31(16-17-32)19-26(33)29-21-8-11-24(12-9-21)37-23-6-3-2-4-7-23/h2-4,6-13,18H,5,14-17,19H2,1H3,(H,29,33)(H,30,36)(H,34,35). The number of aromatic carboxylic acids is 1. The van der Waals surface area contributed by atoms with Crippen LogP contribution in [0.1, 0.15) is 22.3 Å². The van der Waals surface area contributed by atoms with Crippen LogP contribution >= 0.6 is 0 Å². The minimum Gasteiger partial charge on any atom is -0.478 e. The number of hydrogen-bond acceptors (Lipinski definition) is 5. The van der Waals surface area contributed by atoms with Crippen molar-refractivity contribution in [2.24, 2.45) is 0 Å². The molecule has 0 radical (unpaired) electrons. The van der Waals surface area contributed by atoms with E-state index in [2.05, 4.69) is 10.6 Å². The van der Waals surface area contributed by atoms with Gasteiger partial charge in [0.25, 0.3) is 0 Å². The van der Waals surface area contributed by atoms with Gasteiger partial charge in [-0.25, -0.2) is 9.59 Å². The summed E-state index contributed by atoms with van der Waals surface area (Å²) in [7, 11) is 0. The molecule has 3 N–H and O–H groups in total. The topological polar surface area (TPSA) is 111 Å². The molecule has 0 bridgehead atoms. The first-order valence-corrected chi connectivity index (χ1v) is 12.1. The van der Waals surface area contributed by atoms with Gasteiger partial charge in [-0.15, -0.1) is 0 Å². The Labute approximate surface area is 215 Å². The maximum Gasteiger partial charge on any atom is 0.335 e. The molecule has 1 aliphatic heterocycles. The summed E-state index contributed by atoms with van der Waals surface area (Å²) in [4.78, 5) is 40.3. The van der Waals surface area contributed by atoms with E-state index >= 15 is 0 Å². The molecule has 1 saturated heterocycles. The van der Waals surface area contributed by atoms with E-state index in [0.717, 1.165) is 12.2 Å². The molecule has 192 valence electrons. The average Bonchev–Trinajstić information content (AvgIpc) is 3.11. The van der Waals surface area contributed by atoms with Gasteiger partial charge in [-0.2, -0.15) is 0 Å². The molecular weight excluding hydrogens is 472 g/mol. The first kappa shape index (κ1) is 25.7. The normalized spacial score (nSPS) is 13.9. The van der Waals surface area contributed by atoms with Gasteiger partial charge >= 0.3 is 12.0 Å². The number of amides is 3. The second-order valence-corrected chi connectivity index (χ2v) is 8.87. The molecule has 3 aromatic rings. The number of anilines is 2. The van der Waals surface area contributed by atoms with Crippen LogP contribution < -0.4 is 15.4 Å². The fraction of sp³-hybridized carbons (Fsp3) is 0.250. The number of ether oxygens (including phenoxy) is 1. The summed E-state index contributed by atoms with van der Waals surface area (Å²) in [6.07, 6.45) is 0.739. The van der Waals surface area contributed by atoms with Crippen molar-refractivity contribution in [2.45, 2.75) is 13.3 Å². The van der Waals surface area contributed by atoms with Crippen molar-refractivity contribution < 1.29 is 24.2 Å². The van der Waals surface area contributed by atoms with Crippen molar-refractivity contribution in [3.63, 3.8) is 0 Å². The first-order chi connectivity index (χ1) is 17.9. The molecule has 1 heterocycles. The maximum absolute atomic E-state index is 12.8. The zero-order valence-corrected chi connectivity index (χ0v) is 20.6. The summed E-state index contributed by atoms with van der Waals surface area (Å²) in [6, 6.07) is 21.2. The van der Waals surface area contributed by atoms with Crippen LogP contribution in [0.25, 0.3) is 0 Å². The third-order valence-electron chi connectivity index (χ3n) is 6.07. The van der Waals surface area contributed by atoms with E-state index in [1.807, 2.05) is 47.4 Å². The van der Waals surface area contributed by atoms with Crippen molar-refractivity contribution in [3.05, 3.63) is 83.9 Å². The van der Waals surface area contributed by atoms with Crippen molar-refractivity contribution in [2.75, 3.05) is 43.4 Å². The Hall–Kier alpha value is -4.37.